The van der Waals surface area contributed by atoms with Crippen LogP contribution < -0.4 is 4.72 Å². The second-order valence-corrected chi connectivity index (χ2v) is 9.37. The molecular formula is C14H18F5NO3S. The number of hydrogen-bond donors (Lipinski definition) is 1. The first-order chi connectivity index (χ1) is 10.8. The quantitative estimate of drug-likeness (QED) is 0.768. The fraction of sp³-hybridized carbons (Fsp3) is 0.929. The molecule has 0 spiro atoms. The van der Waals surface area contributed by atoms with Gasteiger partial charge in [-0.15, -0.1) is 0 Å². The highest BCUT2D eigenvalue weighted by Gasteiger charge is 2.58. The summed E-state index contributed by atoms with van der Waals surface area (Å²) in [6.45, 7) is 0. The van der Waals surface area contributed by atoms with Gasteiger partial charge in [0.1, 0.15) is 6.42 Å². The summed E-state index contributed by atoms with van der Waals surface area (Å²) in [4.78, 5) is 12.4. The van der Waals surface area contributed by atoms with Crippen LogP contribution in [-0.2, 0) is 14.8 Å². The van der Waals surface area contributed by atoms with Crippen LogP contribution >= 0.6 is 0 Å². The smallest absolute Gasteiger partial charge is 0.273 e. The van der Waals surface area contributed by atoms with E-state index in [1.807, 2.05) is 0 Å². The van der Waals surface area contributed by atoms with Gasteiger partial charge in [-0.25, -0.2) is 13.1 Å². The molecule has 4 nitrogen and oxygen atoms in total. The summed E-state index contributed by atoms with van der Waals surface area (Å²) >= 11 is 0. The van der Waals surface area contributed by atoms with Crippen LogP contribution in [0.15, 0.2) is 0 Å². The van der Waals surface area contributed by atoms with Crippen LogP contribution in [0.1, 0.15) is 44.9 Å². The number of rotatable bonds is 4. The molecule has 4 bridgehead atoms. The molecule has 24 heavy (non-hydrogen) atoms. The van der Waals surface area contributed by atoms with Crippen molar-refractivity contribution in [3.63, 3.8) is 0 Å². The lowest BCUT2D eigenvalue weighted by Gasteiger charge is -2.55. The Bertz CT molecular complexity index is 608. The standard InChI is InChI=1S/C14H18F5NO3S/c15-13(16,17)7-14(18,19)24(22,23)20-11(21)12-4-8-1-9(5-12)3-10(2-8)6-12/h8-10H,1-7H2,(H,20,21). The molecular weight excluding hydrogens is 357 g/mol. The average Bonchev–Trinajstić information content (AvgIpc) is 2.33. The highest BCUT2D eigenvalue weighted by molar-refractivity contribution is 7.91. The first-order valence-corrected chi connectivity index (χ1v) is 9.32. The Kier molecular flexibility index (Phi) is 3.93. The van der Waals surface area contributed by atoms with Crippen molar-refractivity contribution < 1.29 is 35.2 Å². The van der Waals surface area contributed by atoms with Gasteiger partial charge >= 0.3 is 21.5 Å². The van der Waals surface area contributed by atoms with E-state index in [9.17, 15) is 35.2 Å². The number of alkyl halides is 5. The first kappa shape index (κ1) is 17.9. The minimum absolute atomic E-state index is 0.264. The molecule has 4 saturated carbocycles. The van der Waals surface area contributed by atoms with Crippen molar-refractivity contribution in [3.8, 4) is 0 Å². The van der Waals surface area contributed by atoms with Crippen LogP contribution in [-0.4, -0.2) is 25.8 Å². The zero-order chi connectivity index (χ0) is 18.0. The molecule has 138 valence electrons. The maximum absolute atomic E-state index is 13.5. The van der Waals surface area contributed by atoms with Gasteiger partial charge in [0, 0.05) is 0 Å². The lowest BCUT2D eigenvalue weighted by molar-refractivity contribution is -0.168. The predicted molar refractivity (Wildman–Crippen MR) is 73.3 cm³/mol. The molecule has 4 aliphatic carbocycles. The first-order valence-electron chi connectivity index (χ1n) is 7.83. The van der Waals surface area contributed by atoms with E-state index in [0.29, 0.717) is 19.3 Å². The molecule has 0 saturated heterocycles. The van der Waals surface area contributed by atoms with Crippen molar-refractivity contribution in [1.29, 1.82) is 0 Å². The van der Waals surface area contributed by atoms with Gasteiger partial charge in [-0.1, -0.05) is 0 Å². The molecule has 4 rings (SSSR count). The van der Waals surface area contributed by atoms with Crippen molar-refractivity contribution in [2.45, 2.75) is 56.4 Å². The Morgan fingerprint density at radius 2 is 1.38 bits per heavy atom. The van der Waals surface area contributed by atoms with E-state index in [2.05, 4.69) is 0 Å². The van der Waals surface area contributed by atoms with Crippen molar-refractivity contribution in [3.05, 3.63) is 0 Å². The highest BCUT2D eigenvalue weighted by atomic mass is 32.2. The molecule has 10 heteroatoms. The fourth-order valence-corrected chi connectivity index (χ4v) is 5.99. The van der Waals surface area contributed by atoms with Gasteiger partial charge in [0.2, 0.25) is 5.91 Å². The molecule has 0 aromatic rings. The molecule has 4 aliphatic rings. The van der Waals surface area contributed by atoms with E-state index < -0.39 is 39.2 Å². The second kappa shape index (κ2) is 5.28. The molecule has 0 atom stereocenters. The van der Waals surface area contributed by atoms with Crippen molar-refractivity contribution in [2.75, 3.05) is 0 Å². The maximum Gasteiger partial charge on any atom is 0.396 e. The third-order valence-electron chi connectivity index (χ3n) is 5.55. The van der Waals surface area contributed by atoms with E-state index in [1.54, 1.807) is 0 Å². The van der Waals surface area contributed by atoms with Crippen molar-refractivity contribution >= 4 is 15.9 Å². The van der Waals surface area contributed by atoms with Gasteiger partial charge < -0.3 is 0 Å². The normalized spacial score (nSPS) is 36.0. The summed E-state index contributed by atoms with van der Waals surface area (Å²) in [5.74, 6) is -0.274. The van der Waals surface area contributed by atoms with Gasteiger partial charge in [0.15, 0.2) is 0 Å². The molecule has 0 heterocycles. The second-order valence-electron chi connectivity index (χ2n) is 7.56. The van der Waals surface area contributed by atoms with Gasteiger partial charge in [-0.05, 0) is 56.3 Å². The SMILES string of the molecule is O=C(NS(=O)(=O)C(F)(F)CC(F)(F)F)C12CC3CC(CC(C3)C1)C2. The Morgan fingerprint density at radius 1 is 0.958 bits per heavy atom. The number of carbonyl (C=O) groups is 1. The van der Waals surface area contributed by atoms with E-state index in [4.69, 9.17) is 0 Å². The number of nitrogens with one attached hydrogen (secondary N) is 1. The van der Waals surface area contributed by atoms with E-state index >= 15 is 0 Å². The van der Waals surface area contributed by atoms with Gasteiger partial charge in [-0.3, -0.25) is 4.79 Å². The fourth-order valence-electron chi connectivity index (χ4n) is 5.02. The van der Waals surface area contributed by atoms with E-state index in [-0.39, 0.29) is 17.8 Å². The van der Waals surface area contributed by atoms with Crippen LogP contribution in [0.5, 0.6) is 0 Å². The minimum Gasteiger partial charge on any atom is -0.273 e. The lowest BCUT2D eigenvalue weighted by atomic mass is 9.49. The summed E-state index contributed by atoms with van der Waals surface area (Å²) < 4.78 is 88.1. The van der Waals surface area contributed by atoms with Crippen molar-refractivity contribution in [2.24, 2.45) is 23.2 Å². The summed E-state index contributed by atoms with van der Waals surface area (Å²) in [5, 5.41) is -5.08. The molecule has 0 radical (unpaired) electrons. The Morgan fingerprint density at radius 3 is 1.75 bits per heavy atom. The Hall–Kier alpha value is -0.930. The molecule has 0 aliphatic heterocycles. The van der Waals surface area contributed by atoms with E-state index in [0.717, 1.165) is 19.3 Å². The third-order valence-corrected chi connectivity index (χ3v) is 6.93. The summed E-state index contributed by atoms with van der Waals surface area (Å²) in [5.41, 5.74) is -1.03. The number of halogens is 5. The third kappa shape index (κ3) is 3.13. The average molecular weight is 375 g/mol. The lowest BCUT2D eigenvalue weighted by Crippen LogP contribution is -2.56. The van der Waals surface area contributed by atoms with Gasteiger partial charge in [0.05, 0.1) is 5.41 Å². The van der Waals surface area contributed by atoms with Crippen LogP contribution in [0.25, 0.3) is 0 Å². The molecule has 4 fully saturated rings. The molecule has 1 amide bonds. The number of hydrogen-bond acceptors (Lipinski definition) is 3. The van der Waals surface area contributed by atoms with Crippen LogP contribution in [0.4, 0.5) is 22.0 Å². The Balaban J connectivity index is 1.77. The van der Waals surface area contributed by atoms with Crippen LogP contribution in [0.3, 0.4) is 0 Å². The zero-order valence-corrected chi connectivity index (χ0v) is 13.5. The molecule has 0 aromatic carbocycles. The monoisotopic (exact) mass is 375 g/mol. The predicted octanol–water partition coefficient (Wildman–Crippen LogP) is 3.19. The highest BCUT2D eigenvalue weighted by Crippen LogP contribution is 2.60. The van der Waals surface area contributed by atoms with Crippen LogP contribution in [0, 0.1) is 23.2 Å². The molecule has 0 aromatic heterocycles. The van der Waals surface area contributed by atoms with Crippen LogP contribution in [0.2, 0.25) is 0 Å². The van der Waals surface area contributed by atoms with Crippen molar-refractivity contribution in [1.82, 2.24) is 4.72 Å². The zero-order valence-electron chi connectivity index (χ0n) is 12.7. The number of sulfonamides is 1. The van der Waals surface area contributed by atoms with Gasteiger partial charge in [0.25, 0.3) is 0 Å². The van der Waals surface area contributed by atoms with E-state index in [1.165, 1.54) is 4.72 Å². The maximum atomic E-state index is 13.5. The minimum atomic E-state index is -5.74. The summed E-state index contributed by atoms with van der Waals surface area (Å²) in [6, 6.07) is 0. The molecule has 1 N–H and O–H groups in total. The molecule has 0 unspecified atom stereocenters. The summed E-state index contributed by atoms with van der Waals surface area (Å²) in [6.07, 6.45) is -4.07. The topological polar surface area (TPSA) is 63.2 Å². The summed E-state index contributed by atoms with van der Waals surface area (Å²) in [7, 11) is -5.74. The van der Waals surface area contributed by atoms with Gasteiger partial charge in [-0.2, -0.15) is 22.0 Å². The largest absolute Gasteiger partial charge is 0.396 e. The number of carbonyl (C=O) groups excluding carboxylic acids is 1. The Labute approximate surface area is 136 Å². The number of amides is 1.